The molecule has 0 radical (unpaired) electrons. The van der Waals surface area contributed by atoms with Gasteiger partial charge >= 0.3 is 0 Å². The molecule has 1 rings (SSSR count). The first-order valence-corrected chi connectivity index (χ1v) is 8.72. The largest absolute Gasteiger partial charge is 0.409 e. The highest BCUT2D eigenvalue weighted by atomic mass is 16.4. The first-order chi connectivity index (χ1) is 10.0. The van der Waals surface area contributed by atoms with Crippen LogP contribution in [0.3, 0.4) is 0 Å². The molecule has 1 aliphatic carbocycles. The number of unbranched alkanes of at least 4 members (excludes halogenated alkanes) is 1. The van der Waals surface area contributed by atoms with E-state index in [9.17, 15) is 0 Å². The van der Waals surface area contributed by atoms with Crippen LogP contribution in [-0.4, -0.2) is 23.6 Å². The highest BCUT2D eigenvalue weighted by Gasteiger charge is 2.23. The molecule has 4 N–H and O–H groups in total. The lowest BCUT2D eigenvalue weighted by Gasteiger charge is -2.30. The number of hydrogen-bond acceptors (Lipinski definition) is 3. The molecular weight excluding hydrogens is 262 g/mol. The van der Waals surface area contributed by atoms with Gasteiger partial charge in [0.15, 0.2) is 0 Å². The number of nitrogens with zero attached hydrogens (tertiary/aromatic N) is 1. The fourth-order valence-corrected chi connectivity index (χ4v) is 3.42. The van der Waals surface area contributed by atoms with E-state index in [0.717, 1.165) is 31.7 Å². The highest BCUT2D eigenvalue weighted by Crippen LogP contribution is 2.28. The third kappa shape index (κ3) is 6.25. The van der Waals surface area contributed by atoms with Crippen molar-refractivity contribution in [3.05, 3.63) is 0 Å². The van der Waals surface area contributed by atoms with Gasteiger partial charge in [0, 0.05) is 11.5 Å². The van der Waals surface area contributed by atoms with Crippen molar-refractivity contribution in [3.63, 3.8) is 0 Å². The molecule has 124 valence electrons. The summed E-state index contributed by atoms with van der Waals surface area (Å²) in [5.74, 6) is 1.22. The van der Waals surface area contributed by atoms with Crippen LogP contribution in [0.2, 0.25) is 0 Å². The smallest absolute Gasteiger partial charge is 0.144 e. The van der Waals surface area contributed by atoms with Crippen LogP contribution in [0.1, 0.15) is 78.6 Å². The minimum absolute atomic E-state index is 0.206. The molecule has 0 amide bonds. The SMILES string of the molecule is CCC(NCCCCC(C)(C)C(N)=NO)C1CCCCC1. The van der Waals surface area contributed by atoms with Crippen LogP contribution >= 0.6 is 0 Å². The minimum atomic E-state index is -0.206. The zero-order valence-corrected chi connectivity index (χ0v) is 14.2. The van der Waals surface area contributed by atoms with E-state index >= 15 is 0 Å². The molecule has 1 atom stereocenters. The average Bonchev–Trinajstić information content (AvgIpc) is 2.50. The van der Waals surface area contributed by atoms with E-state index in [2.05, 4.69) is 17.4 Å². The predicted molar refractivity (Wildman–Crippen MR) is 89.7 cm³/mol. The van der Waals surface area contributed by atoms with E-state index in [1.54, 1.807) is 0 Å². The highest BCUT2D eigenvalue weighted by molar-refractivity contribution is 5.85. The van der Waals surface area contributed by atoms with Gasteiger partial charge in [0.1, 0.15) is 5.84 Å². The van der Waals surface area contributed by atoms with Crippen LogP contribution in [0.25, 0.3) is 0 Å². The van der Waals surface area contributed by atoms with Crippen LogP contribution in [0.4, 0.5) is 0 Å². The maximum atomic E-state index is 8.77. The van der Waals surface area contributed by atoms with Gasteiger partial charge in [0.2, 0.25) is 0 Å². The van der Waals surface area contributed by atoms with Crippen molar-refractivity contribution in [3.8, 4) is 0 Å². The van der Waals surface area contributed by atoms with Crippen LogP contribution in [-0.2, 0) is 0 Å². The second-order valence-corrected chi connectivity index (χ2v) is 7.19. The third-order valence-corrected chi connectivity index (χ3v) is 5.09. The molecule has 0 heterocycles. The van der Waals surface area contributed by atoms with Crippen molar-refractivity contribution < 1.29 is 5.21 Å². The summed E-state index contributed by atoms with van der Waals surface area (Å²) in [5.41, 5.74) is 5.51. The normalized spacial score (nSPS) is 19.7. The molecule has 0 spiro atoms. The molecule has 0 bridgehead atoms. The summed E-state index contributed by atoms with van der Waals surface area (Å²) in [6, 6.07) is 0.697. The molecule has 0 saturated heterocycles. The Morgan fingerprint density at radius 2 is 1.95 bits per heavy atom. The molecule has 0 aromatic carbocycles. The third-order valence-electron chi connectivity index (χ3n) is 5.09. The number of rotatable bonds is 9. The van der Waals surface area contributed by atoms with Crippen LogP contribution in [0.5, 0.6) is 0 Å². The molecule has 1 fully saturated rings. The van der Waals surface area contributed by atoms with Crippen LogP contribution < -0.4 is 11.1 Å². The molecule has 1 saturated carbocycles. The second-order valence-electron chi connectivity index (χ2n) is 7.19. The topological polar surface area (TPSA) is 70.6 Å². The van der Waals surface area contributed by atoms with Crippen molar-refractivity contribution in [2.45, 2.75) is 84.6 Å². The Balaban J connectivity index is 2.20. The summed E-state index contributed by atoms with van der Waals surface area (Å²) < 4.78 is 0. The van der Waals surface area contributed by atoms with Gasteiger partial charge in [-0.1, -0.05) is 51.6 Å². The monoisotopic (exact) mass is 297 g/mol. The fourth-order valence-electron chi connectivity index (χ4n) is 3.42. The first-order valence-electron chi connectivity index (χ1n) is 8.72. The van der Waals surface area contributed by atoms with Gasteiger partial charge in [0.05, 0.1) is 0 Å². The summed E-state index contributed by atoms with van der Waals surface area (Å²) in [6.07, 6.45) is 11.5. The molecule has 0 aliphatic heterocycles. The molecule has 0 aromatic rings. The maximum absolute atomic E-state index is 8.77. The predicted octanol–water partition coefficient (Wildman–Crippen LogP) is 3.88. The molecule has 4 nitrogen and oxygen atoms in total. The van der Waals surface area contributed by atoms with Crippen molar-refractivity contribution in [1.82, 2.24) is 5.32 Å². The van der Waals surface area contributed by atoms with E-state index in [1.165, 1.54) is 38.5 Å². The Hall–Kier alpha value is -0.770. The summed E-state index contributed by atoms with van der Waals surface area (Å²) in [4.78, 5) is 0. The Morgan fingerprint density at radius 1 is 1.29 bits per heavy atom. The Labute approximate surface area is 130 Å². The number of nitrogens with one attached hydrogen (secondary N) is 1. The number of oxime groups is 1. The fraction of sp³-hybridized carbons (Fsp3) is 0.941. The summed E-state index contributed by atoms with van der Waals surface area (Å²) >= 11 is 0. The van der Waals surface area contributed by atoms with E-state index < -0.39 is 0 Å². The van der Waals surface area contributed by atoms with Gasteiger partial charge in [-0.2, -0.15) is 0 Å². The van der Waals surface area contributed by atoms with E-state index in [1.807, 2.05) is 13.8 Å². The lowest BCUT2D eigenvalue weighted by molar-refractivity contribution is 0.261. The van der Waals surface area contributed by atoms with Gasteiger partial charge in [-0.05, 0) is 44.6 Å². The molecule has 1 aliphatic rings. The van der Waals surface area contributed by atoms with Crippen LogP contribution in [0.15, 0.2) is 5.16 Å². The quantitative estimate of drug-likeness (QED) is 0.199. The van der Waals surface area contributed by atoms with Crippen molar-refractivity contribution in [1.29, 1.82) is 0 Å². The minimum Gasteiger partial charge on any atom is -0.409 e. The van der Waals surface area contributed by atoms with Gasteiger partial charge in [-0.25, -0.2) is 0 Å². The average molecular weight is 297 g/mol. The molecular formula is C17H35N3O. The van der Waals surface area contributed by atoms with Gasteiger partial charge in [-0.3, -0.25) is 0 Å². The van der Waals surface area contributed by atoms with Crippen molar-refractivity contribution in [2.24, 2.45) is 22.2 Å². The van der Waals surface area contributed by atoms with Gasteiger partial charge < -0.3 is 16.3 Å². The Morgan fingerprint density at radius 3 is 2.52 bits per heavy atom. The standard InChI is InChI=1S/C17H35N3O/c1-4-15(14-10-6-5-7-11-14)19-13-9-8-12-17(2,3)16(18)20-21/h14-15,19,21H,4-13H2,1-3H3,(H2,18,20). The first kappa shape index (κ1) is 18.3. The van der Waals surface area contributed by atoms with E-state index in [-0.39, 0.29) is 5.41 Å². The Kier molecular flexibility index (Phi) is 8.09. The number of amidine groups is 1. The second kappa shape index (κ2) is 9.29. The van der Waals surface area contributed by atoms with E-state index in [4.69, 9.17) is 10.9 Å². The van der Waals surface area contributed by atoms with Gasteiger partial charge in [0.25, 0.3) is 0 Å². The molecule has 4 heteroatoms. The lowest BCUT2D eigenvalue weighted by atomic mass is 9.83. The summed E-state index contributed by atoms with van der Waals surface area (Å²) in [6.45, 7) is 7.45. The summed E-state index contributed by atoms with van der Waals surface area (Å²) in [5, 5.41) is 15.7. The zero-order valence-electron chi connectivity index (χ0n) is 14.2. The van der Waals surface area contributed by atoms with Gasteiger partial charge in [-0.15, -0.1) is 0 Å². The van der Waals surface area contributed by atoms with E-state index in [0.29, 0.717) is 11.9 Å². The molecule has 21 heavy (non-hydrogen) atoms. The lowest BCUT2D eigenvalue weighted by Crippen LogP contribution is -2.37. The molecule has 0 aromatic heterocycles. The van der Waals surface area contributed by atoms with Crippen molar-refractivity contribution in [2.75, 3.05) is 6.54 Å². The number of nitrogens with two attached hydrogens (primary N) is 1. The zero-order chi connectivity index (χ0) is 15.7. The van der Waals surface area contributed by atoms with Crippen molar-refractivity contribution >= 4 is 5.84 Å². The maximum Gasteiger partial charge on any atom is 0.144 e. The number of hydrogen-bond donors (Lipinski definition) is 3. The molecule has 1 unspecified atom stereocenters. The summed E-state index contributed by atoms with van der Waals surface area (Å²) in [7, 11) is 0. The Bertz CT molecular complexity index is 309. The van der Waals surface area contributed by atoms with Crippen LogP contribution in [0, 0.1) is 11.3 Å².